The summed E-state index contributed by atoms with van der Waals surface area (Å²) < 4.78 is 0. The molecule has 0 saturated carbocycles. The van der Waals surface area contributed by atoms with Crippen molar-refractivity contribution < 1.29 is 39.6 Å². The number of benzene rings is 1. The number of carbonyl (C=O) groups excluding carboxylic acids is 2. The summed E-state index contributed by atoms with van der Waals surface area (Å²) >= 11 is 0. The number of aliphatic carboxylic acids is 2. The molecule has 1 aromatic carbocycles. The quantitative estimate of drug-likeness (QED) is 0.237. The molecule has 0 aliphatic heterocycles. The van der Waals surface area contributed by atoms with Gasteiger partial charge in [0, 0.05) is 6.42 Å². The summed E-state index contributed by atoms with van der Waals surface area (Å²) in [6.45, 7) is 1.24. The molecule has 0 radical (unpaired) electrons. The Morgan fingerprint density at radius 3 is 2.00 bits per heavy atom. The molecule has 1 unspecified atom stereocenters. The van der Waals surface area contributed by atoms with E-state index in [4.69, 9.17) is 10.8 Å². The van der Waals surface area contributed by atoms with Crippen LogP contribution in [0, 0.1) is 0 Å². The normalized spacial score (nSPS) is 15.0. The average molecular weight is 397 g/mol. The van der Waals surface area contributed by atoms with Gasteiger partial charge in [0.15, 0.2) is 0 Å². The van der Waals surface area contributed by atoms with E-state index in [2.05, 4.69) is 10.6 Å². The van der Waals surface area contributed by atoms with Crippen molar-refractivity contribution in [1.82, 2.24) is 10.6 Å². The van der Waals surface area contributed by atoms with E-state index in [0.29, 0.717) is 5.56 Å². The monoisotopic (exact) mass is 397 g/mol. The third kappa shape index (κ3) is 7.21. The fraction of sp³-hybridized carbons (Fsp3) is 0.412. The highest BCUT2D eigenvalue weighted by atomic mass is 16.4. The third-order valence-electron chi connectivity index (χ3n) is 3.82. The second kappa shape index (κ2) is 10.2. The number of carbonyl (C=O) groups is 4. The number of aliphatic hydroxyl groups excluding tert-OH is 1. The molecule has 0 fully saturated rings. The van der Waals surface area contributed by atoms with E-state index in [0.717, 1.165) is 0 Å². The molecule has 0 aromatic heterocycles. The van der Waals surface area contributed by atoms with Crippen LogP contribution in [0.4, 0.5) is 0 Å². The Bertz CT molecular complexity index is 720. The number of nitrogens with two attached hydrogens (primary N) is 1. The zero-order valence-electron chi connectivity index (χ0n) is 15.0. The van der Waals surface area contributed by atoms with Crippen molar-refractivity contribution in [2.45, 2.75) is 44.0 Å². The molecule has 4 atom stereocenters. The van der Waals surface area contributed by atoms with E-state index >= 15 is 0 Å². The molecule has 28 heavy (non-hydrogen) atoms. The van der Waals surface area contributed by atoms with Crippen molar-refractivity contribution in [2.24, 2.45) is 5.73 Å². The number of amides is 2. The van der Waals surface area contributed by atoms with Crippen molar-refractivity contribution in [2.75, 3.05) is 0 Å². The van der Waals surface area contributed by atoms with Crippen LogP contribution in [0.5, 0.6) is 5.75 Å². The highest BCUT2D eigenvalue weighted by Crippen LogP contribution is 2.11. The molecule has 154 valence electrons. The Hall–Kier alpha value is -3.18. The van der Waals surface area contributed by atoms with E-state index in [9.17, 15) is 34.5 Å². The van der Waals surface area contributed by atoms with Crippen LogP contribution in [0.25, 0.3) is 0 Å². The topological polar surface area (TPSA) is 199 Å². The number of aromatic hydroxyl groups is 1. The van der Waals surface area contributed by atoms with Gasteiger partial charge in [0.25, 0.3) is 0 Å². The summed E-state index contributed by atoms with van der Waals surface area (Å²) in [5.74, 6) is -4.78. The van der Waals surface area contributed by atoms with Crippen LogP contribution in [-0.2, 0) is 25.6 Å². The second-order valence-electron chi connectivity index (χ2n) is 6.20. The zero-order valence-corrected chi connectivity index (χ0v) is 15.0. The van der Waals surface area contributed by atoms with Crippen molar-refractivity contribution in [3.8, 4) is 5.75 Å². The van der Waals surface area contributed by atoms with Crippen molar-refractivity contribution in [3.63, 3.8) is 0 Å². The Morgan fingerprint density at radius 1 is 1.00 bits per heavy atom. The lowest BCUT2D eigenvalue weighted by Crippen LogP contribution is -2.57. The molecule has 11 heteroatoms. The summed E-state index contributed by atoms with van der Waals surface area (Å²) in [6, 6.07) is 1.25. The summed E-state index contributed by atoms with van der Waals surface area (Å²) in [7, 11) is 0. The van der Waals surface area contributed by atoms with Gasteiger partial charge in [-0.15, -0.1) is 0 Å². The van der Waals surface area contributed by atoms with Gasteiger partial charge in [0.2, 0.25) is 11.8 Å². The number of rotatable bonds is 10. The first kappa shape index (κ1) is 22.9. The fourth-order valence-corrected chi connectivity index (χ4v) is 2.21. The van der Waals surface area contributed by atoms with Gasteiger partial charge >= 0.3 is 11.9 Å². The molecule has 11 nitrogen and oxygen atoms in total. The van der Waals surface area contributed by atoms with Crippen LogP contribution in [0.2, 0.25) is 0 Å². The number of hydrogen-bond acceptors (Lipinski definition) is 7. The van der Waals surface area contributed by atoms with Crippen LogP contribution < -0.4 is 16.4 Å². The van der Waals surface area contributed by atoms with Crippen LogP contribution in [-0.4, -0.2) is 68.4 Å². The van der Waals surface area contributed by atoms with E-state index in [1.54, 1.807) is 0 Å². The first-order chi connectivity index (χ1) is 13.0. The van der Waals surface area contributed by atoms with Crippen LogP contribution in [0.15, 0.2) is 24.3 Å². The standard InChI is InChI=1S/C17H23N3O8/c1-8(21)14(18)16(26)19-11(7-13(23)24)15(25)20-12(17(27)28)6-9-2-4-10(22)5-3-9/h2-5,8,11-12,14,21-22H,6-7,18H2,1H3,(H,19,26)(H,20,25)(H,23,24)(H,27,28)/t8?,11-,12-,14-/m0/s1. The molecule has 2 amide bonds. The van der Waals surface area contributed by atoms with Crippen LogP contribution >= 0.6 is 0 Å². The van der Waals surface area contributed by atoms with E-state index in [1.165, 1.54) is 31.2 Å². The van der Waals surface area contributed by atoms with Crippen LogP contribution in [0.1, 0.15) is 18.9 Å². The largest absolute Gasteiger partial charge is 0.508 e. The van der Waals surface area contributed by atoms with Gasteiger partial charge in [0.1, 0.15) is 23.9 Å². The van der Waals surface area contributed by atoms with Crippen molar-refractivity contribution in [1.29, 1.82) is 0 Å². The maximum atomic E-state index is 12.4. The van der Waals surface area contributed by atoms with Crippen molar-refractivity contribution >= 4 is 23.8 Å². The van der Waals surface area contributed by atoms with Gasteiger partial charge in [-0.3, -0.25) is 14.4 Å². The molecule has 0 aliphatic carbocycles. The highest BCUT2D eigenvalue weighted by molar-refractivity contribution is 5.94. The maximum absolute atomic E-state index is 12.4. The zero-order chi connectivity index (χ0) is 21.4. The van der Waals surface area contributed by atoms with E-state index < -0.39 is 54.4 Å². The number of aliphatic hydroxyl groups is 1. The first-order valence-electron chi connectivity index (χ1n) is 8.28. The fourth-order valence-electron chi connectivity index (χ4n) is 2.21. The molecule has 1 aromatic rings. The molecule has 0 spiro atoms. The molecule has 0 bridgehead atoms. The SMILES string of the molecule is CC(O)[C@H](N)C(=O)N[C@@H](CC(=O)O)C(=O)N[C@@H](Cc1ccc(O)cc1)C(=O)O. The van der Waals surface area contributed by atoms with Crippen LogP contribution in [0.3, 0.4) is 0 Å². The molecule has 0 aliphatic rings. The van der Waals surface area contributed by atoms with Gasteiger partial charge in [-0.2, -0.15) is 0 Å². The predicted molar refractivity (Wildman–Crippen MR) is 95.2 cm³/mol. The predicted octanol–water partition coefficient (Wildman–Crippen LogP) is -1.83. The maximum Gasteiger partial charge on any atom is 0.326 e. The van der Waals surface area contributed by atoms with E-state index in [1.807, 2.05) is 0 Å². The number of hydrogen-bond donors (Lipinski definition) is 7. The number of phenolic OH excluding ortho intramolecular Hbond substituents is 1. The number of carboxylic acids is 2. The lowest BCUT2D eigenvalue weighted by molar-refractivity contribution is -0.143. The Balaban J connectivity index is 2.89. The number of carboxylic acid groups (broad SMARTS) is 2. The minimum Gasteiger partial charge on any atom is -0.508 e. The molecule has 8 N–H and O–H groups in total. The van der Waals surface area contributed by atoms with Gasteiger partial charge in [-0.25, -0.2) is 4.79 Å². The average Bonchev–Trinajstić information content (AvgIpc) is 2.60. The smallest absolute Gasteiger partial charge is 0.326 e. The van der Waals surface area contributed by atoms with Gasteiger partial charge < -0.3 is 36.8 Å². The molecule has 1 rings (SSSR count). The number of nitrogens with one attached hydrogen (secondary N) is 2. The van der Waals surface area contributed by atoms with Crippen molar-refractivity contribution in [3.05, 3.63) is 29.8 Å². The van der Waals surface area contributed by atoms with Gasteiger partial charge in [-0.1, -0.05) is 12.1 Å². The van der Waals surface area contributed by atoms with Gasteiger partial charge in [0.05, 0.1) is 12.5 Å². The summed E-state index contributed by atoms with van der Waals surface area (Å²) in [4.78, 5) is 46.7. The summed E-state index contributed by atoms with van der Waals surface area (Å²) in [6.07, 6.45) is -2.19. The molecule has 0 heterocycles. The minimum atomic E-state index is -1.59. The summed E-state index contributed by atoms with van der Waals surface area (Å²) in [5.41, 5.74) is 5.95. The lowest BCUT2D eigenvalue weighted by atomic mass is 10.0. The first-order valence-corrected chi connectivity index (χ1v) is 8.28. The third-order valence-corrected chi connectivity index (χ3v) is 3.82. The molecular formula is C17H23N3O8. The Labute approximate surface area is 160 Å². The minimum absolute atomic E-state index is 0.0154. The summed E-state index contributed by atoms with van der Waals surface area (Å²) in [5, 5.41) is 41.1. The number of phenols is 1. The Morgan fingerprint density at radius 2 is 1.54 bits per heavy atom. The molecule has 0 saturated heterocycles. The lowest BCUT2D eigenvalue weighted by Gasteiger charge is -2.22. The Kier molecular flexibility index (Phi) is 8.35. The van der Waals surface area contributed by atoms with Gasteiger partial charge in [-0.05, 0) is 24.6 Å². The van der Waals surface area contributed by atoms with E-state index in [-0.39, 0.29) is 12.2 Å². The highest BCUT2D eigenvalue weighted by Gasteiger charge is 2.30. The molecular weight excluding hydrogens is 374 g/mol. The second-order valence-corrected chi connectivity index (χ2v) is 6.20.